The van der Waals surface area contributed by atoms with Crippen molar-refractivity contribution in [3.63, 3.8) is 0 Å². The highest BCUT2D eigenvalue weighted by Gasteiger charge is 2.30. The van der Waals surface area contributed by atoms with E-state index in [9.17, 15) is 0 Å². The Hall–Kier alpha value is -0.0800. The number of nitrogens with one attached hydrogen (secondary N) is 1. The summed E-state index contributed by atoms with van der Waals surface area (Å²) in [5.74, 6) is 2.82. The van der Waals surface area contributed by atoms with Crippen LogP contribution in [0.1, 0.15) is 65.7 Å². The van der Waals surface area contributed by atoms with Gasteiger partial charge in [-0.15, -0.1) is 0 Å². The van der Waals surface area contributed by atoms with Crippen LogP contribution in [0, 0.1) is 17.8 Å². The minimum absolute atomic E-state index is 0.781. The Balaban J connectivity index is 1.88. The molecule has 20 heavy (non-hydrogen) atoms. The zero-order chi connectivity index (χ0) is 14.4. The Bertz CT molecular complexity index is 266. The third-order valence-corrected chi connectivity index (χ3v) is 5.74. The Labute approximate surface area is 126 Å². The predicted molar refractivity (Wildman–Crippen MR) is 88.0 cm³/mol. The van der Waals surface area contributed by atoms with Crippen LogP contribution in [-0.4, -0.2) is 37.1 Å². The van der Waals surface area contributed by atoms with Crippen molar-refractivity contribution < 1.29 is 0 Å². The number of rotatable bonds is 5. The molecule has 4 atom stereocenters. The first-order chi connectivity index (χ1) is 9.72. The maximum atomic E-state index is 3.77. The average Bonchev–Trinajstić information content (AvgIpc) is 2.66. The van der Waals surface area contributed by atoms with E-state index in [1.807, 2.05) is 0 Å². The molecule has 0 radical (unpaired) electrons. The van der Waals surface area contributed by atoms with Gasteiger partial charge in [-0.1, -0.05) is 27.2 Å². The first kappa shape index (κ1) is 16.3. The van der Waals surface area contributed by atoms with Gasteiger partial charge >= 0.3 is 0 Å². The third kappa shape index (κ3) is 4.73. The first-order valence-electron chi connectivity index (χ1n) is 9.18. The molecular weight excluding hydrogens is 244 g/mol. The van der Waals surface area contributed by atoms with Crippen molar-refractivity contribution in [2.24, 2.45) is 17.8 Å². The lowest BCUT2D eigenvalue weighted by Gasteiger charge is -2.39. The molecule has 2 fully saturated rings. The van der Waals surface area contributed by atoms with Gasteiger partial charge in [0.25, 0.3) is 0 Å². The van der Waals surface area contributed by atoms with E-state index in [2.05, 4.69) is 31.0 Å². The topological polar surface area (TPSA) is 15.3 Å². The fourth-order valence-electron chi connectivity index (χ4n) is 4.30. The molecule has 0 aromatic carbocycles. The molecule has 0 aromatic heterocycles. The van der Waals surface area contributed by atoms with E-state index in [1.54, 1.807) is 0 Å². The summed E-state index contributed by atoms with van der Waals surface area (Å²) in [6, 6.07) is 0.781. The number of hydrogen-bond acceptors (Lipinski definition) is 2. The van der Waals surface area contributed by atoms with Crippen molar-refractivity contribution in [3.05, 3.63) is 0 Å². The fourth-order valence-corrected chi connectivity index (χ4v) is 4.30. The summed E-state index contributed by atoms with van der Waals surface area (Å²) in [6.07, 6.45) is 9.96. The third-order valence-electron chi connectivity index (χ3n) is 5.74. The standard InChI is InChI=1S/C18H36N2/c1-4-16-8-9-18(19-5-2)17(13-16)14-20-11-6-7-15(3)10-12-20/h15-19H,4-14H2,1-3H3. The summed E-state index contributed by atoms with van der Waals surface area (Å²) in [7, 11) is 0. The van der Waals surface area contributed by atoms with E-state index in [1.165, 1.54) is 64.6 Å². The monoisotopic (exact) mass is 280 g/mol. The summed E-state index contributed by atoms with van der Waals surface area (Å²) < 4.78 is 0. The molecule has 0 aromatic rings. The van der Waals surface area contributed by atoms with Gasteiger partial charge in [0.2, 0.25) is 0 Å². The Morgan fingerprint density at radius 2 is 1.90 bits per heavy atom. The summed E-state index contributed by atoms with van der Waals surface area (Å²) in [4.78, 5) is 2.77. The van der Waals surface area contributed by atoms with Crippen molar-refractivity contribution in [2.75, 3.05) is 26.2 Å². The van der Waals surface area contributed by atoms with Gasteiger partial charge in [0, 0.05) is 12.6 Å². The van der Waals surface area contributed by atoms with Gasteiger partial charge in [-0.25, -0.2) is 0 Å². The quantitative estimate of drug-likeness (QED) is 0.821. The fraction of sp³-hybridized carbons (Fsp3) is 1.00. The van der Waals surface area contributed by atoms with Crippen LogP contribution in [0.15, 0.2) is 0 Å². The molecule has 4 unspecified atom stereocenters. The van der Waals surface area contributed by atoms with Crippen LogP contribution in [0.5, 0.6) is 0 Å². The van der Waals surface area contributed by atoms with Gasteiger partial charge < -0.3 is 10.2 Å². The van der Waals surface area contributed by atoms with Crippen molar-refractivity contribution >= 4 is 0 Å². The molecule has 2 rings (SSSR count). The zero-order valence-corrected chi connectivity index (χ0v) is 14.0. The molecule has 2 aliphatic rings. The molecule has 0 amide bonds. The number of likely N-dealkylation sites (tertiary alicyclic amines) is 1. The first-order valence-corrected chi connectivity index (χ1v) is 9.18. The van der Waals surface area contributed by atoms with Gasteiger partial charge in [-0.2, -0.15) is 0 Å². The molecule has 2 heteroatoms. The van der Waals surface area contributed by atoms with Gasteiger partial charge in [-0.05, 0) is 75.9 Å². The highest BCUT2D eigenvalue weighted by Crippen LogP contribution is 2.32. The second kappa shape index (κ2) is 8.38. The average molecular weight is 280 g/mol. The van der Waals surface area contributed by atoms with E-state index >= 15 is 0 Å². The molecule has 1 saturated carbocycles. The minimum Gasteiger partial charge on any atom is -0.314 e. The molecule has 1 aliphatic carbocycles. The molecule has 1 heterocycles. The summed E-state index contributed by atoms with van der Waals surface area (Å²) in [5, 5.41) is 3.77. The second-order valence-corrected chi connectivity index (χ2v) is 7.35. The number of hydrogen-bond donors (Lipinski definition) is 1. The molecule has 0 spiro atoms. The van der Waals surface area contributed by atoms with Crippen LogP contribution in [0.25, 0.3) is 0 Å². The summed E-state index contributed by atoms with van der Waals surface area (Å²) in [5.41, 5.74) is 0. The van der Waals surface area contributed by atoms with Gasteiger partial charge in [0.1, 0.15) is 0 Å². The van der Waals surface area contributed by atoms with Crippen molar-refractivity contribution in [3.8, 4) is 0 Å². The summed E-state index contributed by atoms with van der Waals surface area (Å²) >= 11 is 0. The van der Waals surface area contributed by atoms with E-state index < -0.39 is 0 Å². The van der Waals surface area contributed by atoms with E-state index in [-0.39, 0.29) is 0 Å². The van der Waals surface area contributed by atoms with E-state index in [0.717, 1.165) is 30.3 Å². The Kier molecular flexibility index (Phi) is 6.83. The molecule has 1 N–H and O–H groups in total. The van der Waals surface area contributed by atoms with Crippen molar-refractivity contribution in [2.45, 2.75) is 71.8 Å². The largest absolute Gasteiger partial charge is 0.314 e. The van der Waals surface area contributed by atoms with Gasteiger partial charge in [0.15, 0.2) is 0 Å². The summed E-state index contributed by atoms with van der Waals surface area (Å²) in [6.45, 7) is 12.2. The minimum atomic E-state index is 0.781. The second-order valence-electron chi connectivity index (χ2n) is 7.35. The predicted octanol–water partition coefficient (Wildman–Crippen LogP) is 3.91. The number of nitrogens with zero attached hydrogens (tertiary/aromatic N) is 1. The van der Waals surface area contributed by atoms with Crippen LogP contribution >= 0.6 is 0 Å². The molecule has 1 aliphatic heterocycles. The lowest BCUT2D eigenvalue weighted by molar-refractivity contribution is 0.140. The van der Waals surface area contributed by atoms with Crippen molar-refractivity contribution in [1.82, 2.24) is 10.2 Å². The van der Waals surface area contributed by atoms with Crippen LogP contribution in [-0.2, 0) is 0 Å². The zero-order valence-electron chi connectivity index (χ0n) is 14.0. The highest BCUT2D eigenvalue weighted by molar-refractivity contribution is 4.86. The van der Waals surface area contributed by atoms with Crippen LogP contribution in [0.2, 0.25) is 0 Å². The molecule has 2 nitrogen and oxygen atoms in total. The van der Waals surface area contributed by atoms with Crippen LogP contribution in [0.3, 0.4) is 0 Å². The van der Waals surface area contributed by atoms with E-state index in [0.29, 0.717) is 0 Å². The molecule has 1 saturated heterocycles. The van der Waals surface area contributed by atoms with Gasteiger partial charge in [0.05, 0.1) is 0 Å². The van der Waals surface area contributed by atoms with E-state index in [4.69, 9.17) is 0 Å². The lowest BCUT2D eigenvalue weighted by Crippen LogP contribution is -2.46. The molecule has 118 valence electrons. The SMILES string of the molecule is CCNC1CCC(CC)CC1CN1CCCC(C)CC1. The lowest BCUT2D eigenvalue weighted by atomic mass is 9.76. The van der Waals surface area contributed by atoms with Crippen LogP contribution < -0.4 is 5.32 Å². The van der Waals surface area contributed by atoms with Crippen molar-refractivity contribution in [1.29, 1.82) is 0 Å². The Morgan fingerprint density at radius 1 is 1.05 bits per heavy atom. The normalized spacial score (nSPS) is 36.8. The van der Waals surface area contributed by atoms with Crippen LogP contribution in [0.4, 0.5) is 0 Å². The molecular formula is C18H36N2. The molecule has 0 bridgehead atoms. The Morgan fingerprint density at radius 3 is 2.65 bits per heavy atom. The van der Waals surface area contributed by atoms with Gasteiger partial charge in [-0.3, -0.25) is 0 Å². The highest BCUT2D eigenvalue weighted by atomic mass is 15.1. The smallest absolute Gasteiger partial charge is 0.0108 e. The maximum Gasteiger partial charge on any atom is 0.0108 e. The maximum absolute atomic E-state index is 3.77.